The molecule has 5 heteroatoms. The monoisotopic (exact) mass is 261 g/mol. The van der Waals surface area contributed by atoms with Gasteiger partial charge in [-0.3, -0.25) is 9.48 Å². The van der Waals surface area contributed by atoms with Gasteiger partial charge in [-0.2, -0.15) is 5.10 Å². The van der Waals surface area contributed by atoms with Gasteiger partial charge in [0, 0.05) is 30.4 Å². The summed E-state index contributed by atoms with van der Waals surface area (Å²) in [6.07, 6.45) is 4.52. The molecule has 1 aliphatic heterocycles. The average Bonchev–Trinajstić information content (AvgIpc) is 3.06. The minimum absolute atomic E-state index is 0.149. The van der Waals surface area contributed by atoms with E-state index in [-0.39, 0.29) is 11.9 Å². The summed E-state index contributed by atoms with van der Waals surface area (Å²) in [7, 11) is 0. The van der Waals surface area contributed by atoms with E-state index in [0.717, 1.165) is 19.5 Å². The van der Waals surface area contributed by atoms with Gasteiger partial charge in [0.15, 0.2) is 0 Å². The maximum Gasteiger partial charge on any atom is 0.247 e. The molecule has 2 aromatic rings. The maximum absolute atomic E-state index is 12.4. The van der Waals surface area contributed by atoms with Crippen molar-refractivity contribution in [2.24, 2.45) is 0 Å². The highest BCUT2D eigenvalue weighted by molar-refractivity contribution is 7.10. The Balaban J connectivity index is 1.75. The molecule has 0 saturated carbocycles. The Hall–Kier alpha value is -1.62. The van der Waals surface area contributed by atoms with E-state index in [9.17, 15) is 4.79 Å². The first-order valence-electron chi connectivity index (χ1n) is 6.09. The molecule has 0 unspecified atom stereocenters. The molecular formula is C13H15N3OS. The molecule has 0 spiro atoms. The van der Waals surface area contributed by atoms with Crippen molar-refractivity contribution in [2.45, 2.75) is 25.9 Å². The third-order valence-electron chi connectivity index (χ3n) is 3.40. The summed E-state index contributed by atoms with van der Waals surface area (Å²) in [5.74, 6) is 0.149. The molecule has 2 aromatic heterocycles. The Morgan fingerprint density at radius 1 is 1.56 bits per heavy atom. The molecule has 1 atom stereocenters. The van der Waals surface area contributed by atoms with Crippen LogP contribution in [0.25, 0.3) is 0 Å². The zero-order valence-electron chi connectivity index (χ0n) is 10.2. The first kappa shape index (κ1) is 11.5. The first-order valence-corrected chi connectivity index (χ1v) is 6.97. The summed E-state index contributed by atoms with van der Waals surface area (Å²) < 4.78 is 1.71. The highest BCUT2D eigenvalue weighted by Crippen LogP contribution is 2.25. The third-order valence-corrected chi connectivity index (χ3v) is 4.42. The molecule has 0 radical (unpaired) electrons. The summed E-state index contributed by atoms with van der Waals surface area (Å²) in [5.41, 5.74) is 1.30. The predicted octanol–water partition coefficient (Wildman–Crippen LogP) is 2.09. The van der Waals surface area contributed by atoms with Gasteiger partial charge >= 0.3 is 0 Å². The van der Waals surface area contributed by atoms with Crippen molar-refractivity contribution in [2.75, 3.05) is 6.54 Å². The van der Waals surface area contributed by atoms with Crippen LogP contribution in [-0.4, -0.2) is 27.1 Å². The highest BCUT2D eigenvalue weighted by atomic mass is 32.1. The highest BCUT2D eigenvalue weighted by Gasteiger charge is 2.26. The standard InChI is InChI=1S/C13H15N3OS/c1-10(16-6-2-5-14-16)13(17)15-7-3-12-11(9-15)4-8-18-12/h2,4-6,8,10H,3,7,9H2,1H3/t10-/m1/s1. The molecule has 3 heterocycles. The quantitative estimate of drug-likeness (QED) is 0.830. The van der Waals surface area contributed by atoms with Crippen LogP contribution in [0.3, 0.4) is 0 Å². The predicted molar refractivity (Wildman–Crippen MR) is 70.4 cm³/mol. The van der Waals surface area contributed by atoms with E-state index in [1.807, 2.05) is 24.1 Å². The SMILES string of the molecule is C[C@H](C(=O)N1CCc2sccc2C1)n1cccn1. The molecule has 18 heavy (non-hydrogen) atoms. The molecule has 0 aliphatic carbocycles. The van der Waals surface area contributed by atoms with Gasteiger partial charge in [0.1, 0.15) is 6.04 Å². The van der Waals surface area contributed by atoms with Gasteiger partial charge in [0.2, 0.25) is 5.91 Å². The molecule has 1 aliphatic rings. The van der Waals surface area contributed by atoms with Crippen molar-refractivity contribution in [1.82, 2.24) is 14.7 Å². The lowest BCUT2D eigenvalue weighted by Crippen LogP contribution is -2.39. The van der Waals surface area contributed by atoms with Crippen LogP contribution in [0, 0.1) is 0 Å². The van der Waals surface area contributed by atoms with Crippen molar-refractivity contribution >= 4 is 17.2 Å². The smallest absolute Gasteiger partial charge is 0.247 e. The lowest BCUT2D eigenvalue weighted by molar-refractivity contribution is -0.135. The summed E-state index contributed by atoms with van der Waals surface area (Å²) in [6.45, 7) is 3.46. The first-order chi connectivity index (χ1) is 8.75. The molecule has 0 saturated heterocycles. The third kappa shape index (κ3) is 1.95. The normalized spacial score (nSPS) is 16.4. The fraction of sp³-hybridized carbons (Fsp3) is 0.385. The lowest BCUT2D eigenvalue weighted by Gasteiger charge is -2.29. The van der Waals surface area contributed by atoms with Gasteiger partial charge < -0.3 is 4.90 Å². The number of thiophene rings is 1. The van der Waals surface area contributed by atoms with E-state index in [1.54, 1.807) is 22.2 Å². The summed E-state index contributed by atoms with van der Waals surface area (Å²) >= 11 is 1.79. The minimum Gasteiger partial charge on any atom is -0.336 e. The summed E-state index contributed by atoms with van der Waals surface area (Å²) in [4.78, 5) is 15.8. The van der Waals surface area contributed by atoms with E-state index in [2.05, 4.69) is 16.5 Å². The number of hydrogen-bond acceptors (Lipinski definition) is 3. The van der Waals surface area contributed by atoms with E-state index in [4.69, 9.17) is 0 Å². The number of nitrogens with zero attached hydrogens (tertiary/aromatic N) is 3. The Kier molecular flexibility index (Phi) is 2.91. The summed E-state index contributed by atoms with van der Waals surface area (Å²) in [5, 5.41) is 6.24. The van der Waals surface area contributed by atoms with Crippen LogP contribution in [0.1, 0.15) is 23.4 Å². The van der Waals surface area contributed by atoms with Crippen molar-refractivity contribution < 1.29 is 4.79 Å². The number of amides is 1. The van der Waals surface area contributed by atoms with Crippen LogP contribution in [0.5, 0.6) is 0 Å². The van der Waals surface area contributed by atoms with E-state index in [1.165, 1.54) is 10.4 Å². The topological polar surface area (TPSA) is 38.1 Å². The number of aromatic nitrogens is 2. The average molecular weight is 261 g/mol. The van der Waals surface area contributed by atoms with Crippen molar-refractivity contribution in [3.63, 3.8) is 0 Å². The number of rotatable bonds is 2. The van der Waals surface area contributed by atoms with E-state index < -0.39 is 0 Å². The van der Waals surface area contributed by atoms with Gasteiger partial charge in [-0.05, 0) is 36.4 Å². The minimum atomic E-state index is -0.222. The molecule has 0 bridgehead atoms. The van der Waals surface area contributed by atoms with Crippen molar-refractivity contribution in [3.05, 3.63) is 40.3 Å². The number of fused-ring (bicyclic) bond motifs is 1. The van der Waals surface area contributed by atoms with Crippen LogP contribution in [0.15, 0.2) is 29.9 Å². The Morgan fingerprint density at radius 3 is 3.22 bits per heavy atom. The Bertz CT molecular complexity index is 546. The van der Waals surface area contributed by atoms with Gasteiger partial charge in [0.25, 0.3) is 0 Å². The molecular weight excluding hydrogens is 246 g/mol. The van der Waals surface area contributed by atoms with Gasteiger partial charge in [0.05, 0.1) is 0 Å². The van der Waals surface area contributed by atoms with E-state index >= 15 is 0 Å². The Labute approximate surface area is 110 Å². The molecule has 3 rings (SSSR count). The molecule has 94 valence electrons. The van der Waals surface area contributed by atoms with Crippen LogP contribution >= 0.6 is 11.3 Å². The molecule has 0 aromatic carbocycles. The second-order valence-corrected chi connectivity index (χ2v) is 5.54. The molecule has 0 fully saturated rings. The largest absolute Gasteiger partial charge is 0.336 e. The van der Waals surface area contributed by atoms with Crippen LogP contribution in [0.4, 0.5) is 0 Å². The molecule has 1 amide bonds. The van der Waals surface area contributed by atoms with Crippen LogP contribution < -0.4 is 0 Å². The lowest BCUT2D eigenvalue weighted by atomic mass is 10.1. The fourth-order valence-electron chi connectivity index (χ4n) is 2.32. The van der Waals surface area contributed by atoms with Crippen molar-refractivity contribution in [3.8, 4) is 0 Å². The van der Waals surface area contributed by atoms with Crippen LogP contribution in [0.2, 0.25) is 0 Å². The fourth-order valence-corrected chi connectivity index (χ4v) is 3.21. The van der Waals surface area contributed by atoms with Crippen LogP contribution in [-0.2, 0) is 17.8 Å². The Morgan fingerprint density at radius 2 is 2.44 bits per heavy atom. The van der Waals surface area contributed by atoms with E-state index in [0.29, 0.717) is 0 Å². The zero-order chi connectivity index (χ0) is 12.5. The molecule has 0 N–H and O–H groups in total. The van der Waals surface area contributed by atoms with Gasteiger partial charge in [-0.1, -0.05) is 0 Å². The number of carbonyl (C=O) groups is 1. The maximum atomic E-state index is 12.4. The summed E-state index contributed by atoms with van der Waals surface area (Å²) in [6, 6.07) is 3.75. The number of carbonyl (C=O) groups excluding carboxylic acids is 1. The second kappa shape index (κ2) is 4.57. The second-order valence-electron chi connectivity index (χ2n) is 4.54. The van der Waals surface area contributed by atoms with Gasteiger partial charge in [-0.15, -0.1) is 11.3 Å². The van der Waals surface area contributed by atoms with Gasteiger partial charge in [-0.25, -0.2) is 0 Å². The zero-order valence-corrected chi connectivity index (χ0v) is 11.1. The number of hydrogen-bond donors (Lipinski definition) is 0. The van der Waals surface area contributed by atoms with Crippen molar-refractivity contribution in [1.29, 1.82) is 0 Å². The molecule has 4 nitrogen and oxygen atoms in total.